The van der Waals surface area contributed by atoms with Crippen LogP contribution in [0.5, 0.6) is 11.5 Å². The molecule has 0 bridgehead atoms. The summed E-state index contributed by atoms with van der Waals surface area (Å²) in [6, 6.07) is 22.5. The summed E-state index contributed by atoms with van der Waals surface area (Å²) in [5.74, 6) is -1.73. The Morgan fingerprint density at radius 3 is 2.17 bits per heavy atom. The number of urea groups is 1. The van der Waals surface area contributed by atoms with Crippen molar-refractivity contribution in [2.45, 2.75) is 37.4 Å². The summed E-state index contributed by atoms with van der Waals surface area (Å²) < 4.78 is 10.6. The van der Waals surface area contributed by atoms with Crippen LogP contribution in [0.4, 0.5) is 10.6 Å². The Labute approximate surface area is 277 Å². The van der Waals surface area contributed by atoms with Crippen LogP contribution in [-0.2, 0) is 23.3 Å². The van der Waals surface area contributed by atoms with Crippen molar-refractivity contribution in [3.8, 4) is 11.5 Å². The van der Waals surface area contributed by atoms with Crippen molar-refractivity contribution in [2.75, 3.05) is 32.6 Å². The molecule has 3 amide bonds. The second-order valence-corrected chi connectivity index (χ2v) is 11.5. The fourth-order valence-electron chi connectivity index (χ4n) is 5.94. The lowest BCUT2D eigenvalue weighted by Crippen LogP contribution is -2.57. The molecule has 48 heavy (non-hydrogen) atoms. The van der Waals surface area contributed by atoms with Gasteiger partial charge >= 0.3 is 17.7 Å². The van der Waals surface area contributed by atoms with E-state index in [0.29, 0.717) is 12.8 Å². The number of likely N-dealkylation sites (tertiary alicyclic amines) is 1. The van der Waals surface area contributed by atoms with Crippen molar-refractivity contribution in [3.05, 3.63) is 118 Å². The summed E-state index contributed by atoms with van der Waals surface area (Å²) in [6.07, 6.45) is 2.19. The molecular weight excluding hydrogens is 616 g/mol. The molecule has 0 spiro atoms. The van der Waals surface area contributed by atoms with Gasteiger partial charge in [-0.15, -0.1) is 0 Å². The van der Waals surface area contributed by atoms with E-state index in [1.165, 1.54) is 26.0 Å². The Hall–Kier alpha value is -5.69. The molecule has 13 nitrogen and oxygen atoms in total. The number of carbonyl (C=O) groups is 3. The average molecular weight is 655 g/mol. The van der Waals surface area contributed by atoms with Crippen molar-refractivity contribution >= 4 is 23.7 Å². The molecule has 1 saturated heterocycles. The van der Waals surface area contributed by atoms with Crippen molar-refractivity contribution < 1.29 is 29.0 Å². The maximum atomic E-state index is 13.5. The molecule has 5 rings (SSSR count). The number of carboxylic acid groups (broad SMARTS) is 1. The number of aromatic amines is 1. The number of hydrogen-bond donors (Lipinski definition) is 5. The van der Waals surface area contributed by atoms with Gasteiger partial charge in [-0.25, -0.2) is 14.4 Å². The number of aliphatic carboxylic acids is 1. The third-order valence-corrected chi connectivity index (χ3v) is 8.44. The molecule has 250 valence electrons. The van der Waals surface area contributed by atoms with Gasteiger partial charge in [-0.2, -0.15) is 4.98 Å². The summed E-state index contributed by atoms with van der Waals surface area (Å²) >= 11 is 0. The van der Waals surface area contributed by atoms with Crippen LogP contribution in [0, 0.1) is 0 Å². The van der Waals surface area contributed by atoms with E-state index in [-0.39, 0.29) is 34.9 Å². The number of carboxylic acids is 1. The predicted octanol–water partition coefficient (Wildman–Crippen LogP) is 3.53. The van der Waals surface area contributed by atoms with Crippen LogP contribution in [0.15, 0.2) is 89.9 Å². The van der Waals surface area contributed by atoms with Crippen molar-refractivity contribution in [3.63, 3.8) is 0 Å². The fourth-order valence-corrected chi connectivity index (χ4v) is 5.94. The largest absolute Gasteiger partial charge is 0.496 e. The molecule has 1 unspecified atom stereocenters. The van der Waals surface area contributed by atoms with E-state index >= 15 is 0 Å². The standard InChI is InChI=1S/C35H38N6O7/c1-47-27-14-9-15-28(48-2)29(27)31(42)38-30-24(21-36-33(45)39-30)20-26(32(43)44)37-34(46)40-35(25-12-7-4-8-13-25)16-18-41(19-17-35)22-23-10-5-3-6-11-23/h3-15,21,26H,16-20,22H2,1-2H3,(H,43,44)(H2,37,40,46)(H2,36,38,39,42,45). The lowest BCUT2D eigenvalue weighted by Gasteiger charge is -2.43. The normalized spacial score (nSPS) is 14.7. The molecule has 0 aliphatic carbocycles. The molecule has 13 heteroatoms. The number of ether oxygens (including phenoxy) is 2. The SMILES string of the molecule is COc1cccc(OC)c1C(=O)Nc1nc(=O)[nH]cc1CC(NC(=O)NC1(c2ccccc2)CCN(Cc2ccccc2)CC1)C(=O)O. The Morgan fingerprint density at radius 1 is 0.938 bits per heavy atom. The Morgan fingerprint density at radius 2 is 1.56 bits per heavy atom. The van der Waals surface area contributed by atoms with Gasteiger partial charge in [-0.1, -0.05) is 66.7 Å². The molecule has 1 aliphatic rings. The summed E-state index contributed by atoms with van der Waals surface area (Å²) in [5, 5.41) is 18.4. The number of amides is 3. The minimum Gasteiger partial charge on any atom is -0.496 e. The highest BCUT2D eigenvalue weighted by atomic mass is 16.5. The zero-order chi connectivity index (χ0) is 34.1. The Balaban J connectivity index is 1.32. The second kappa shape index (κ2) is 15.3. The van der Waals surface area contributed by atoms with Gasteiger partial charge in [0.25, 0.3) is 5.91 Å². The number of anilines is 1. The van der Waals surface area contributed by atoms with E-state index in [4.69, 9.17) is 9.47 Å². The average Bonchev–Trinajstić information content (AvgIpc) is 3.10. The molecule has 0 radical (unpaired) electrons. The first-order valence-electron chi connectivity index (χ1n) is 15.5. The summed E-state index contributed by atoms with van der Waals surface area (Å²) in [6.45, 7) is 2.22. The monoisotopic (exact) mass is 654 g/mol. The maximum Gasteiger partial charge on any atom is 0.346 e. The van der Waals surface area contributed by atoms with Gasteiger partial charge in [0.05, 0.1) is 19.8 Å². The number of carbonyl (C=O) groups excluding carboxylic acids is 2. The highest BCUT2D eigenvalue weighted by molar-refractivity contribution is 6.08. The summed E-state index contributed by atoms with van der Waals surface area (Å²) in [7, 11) is 2.79. The zero-order valence-electron chi connectivity index (χ0n) is 26.7. The first-order valence-corrected chi connectivity index (χ1v) is 15.5. The van der Waals surface area contributed by atoms with Crippen LogP contribution in [0.25, 0.3) is 0 Å². The third-order valence-electron chi connectivity index (χ3n) is 8.44. The molecule has 1 aliphatic heterocycles. The third kappa shape index (κ3) is 7.99. The number of methoxy groups -OCH3 is 2. The lowest BCUT2D eigenvalue weighted by molar-refractivity contribution is -0.139. The first-order chi connectivity index (χ1) is 23.2. The summed E-state index contributed by atoms with van der Waals surface area (Å²) in [5.41, 5.74) is 0.873. The van der Waals surface area contributed by atoms with Crippen LogP contribution in [0.1, 0.15) is 39.9 Å². The van der Waals surface area contributed by atoms with Crippen molar-refractivity contribution in [1.29, 1.82) is 0 Å². The number of nitrogens with one attached hydrogen (secondary N) is 4. The number of piperidine rings is 1. The maximum absolute atomic E-state index is 13.5. The number of aromatic nitrogens is 2. The van der Waals surface area contributed by atoms with Crippen LogP contribution >= 0.6 is 0 Å². The molecule has 1 fully saturated rings. The number of H-pyrrole nitrogens is 1. The topological polar surface area (TPSA) is 175 Å². The lowest BCUT2D eigenvalue weighted by atomic mass is 9.80. The van der Waals surface area contributed by atoms with E-state index in [9.17, 15) is 24.3 Å². The number of rotatable bonds is 12. The Bertz CT molecular complexity index is 1770. The number of nitrogens with zero attached hydrogens (tertiary/aromatic N) is 2. The second-order valence-electron chi connectivity index (χ2n) is 11.5. The van der Waals surface area contributed by atoms with E-state index in [0.717, 1.165) is 25.2 Å². The van der Waals surface area contributed by atoms with E-state index in [2.05, 4.69) is 43.0 Å². The minimum absolute atomic E-state index is 0.0591. The molecule has 3 aromatic carbocycles. The van der Waals surface area contributed by atoms with Gasteiger partial charge in [0.1, 0.15) is 28.9 Å². The predicted molar refractivity (Wildman–Crippen MR) is 178 cm³/mol. The molecular formula is C35H38N6O7. The fraction of sp³-hybridized carbons (Fsp3) is 0.286. The Kier molecular flexibility index (Phi) is 10.7. The molecule has 2 heterocycles. The van der Waals surface area contributed by atoms with E-state index in [1.54, 1.807) is 18.2 Å². The number of benzene rings is 3. The van der Waals surface area contributed by atoms with Crippen molar-refractivity contribution in [2.24, 2.45) is 0 Å². The van der Waals surface area contributed by atoms with Crippen LogP contribution < -0.4 is 31.1 Å². The van der Waals surface area contributed by atoms with Crippen LogP contribution in [0.3, 0.4) is 0 Å². The van der Waals surface area contributed by atoms with Gasteiger partial charge in [0.2, 0.25) is 0 Å². The first kappa shape index (κ1) is 33.7. The summed E-state index contributed by atoms with van der Waals surface area (Å²) in [4.78, 5) is 60.1. The highest BCUT2D eigenvalue weighted by Crippen LogP contribution is 2.34. The van der Waals surface area contributed by atoms with Crippen LogP contribution in [-0.4, -0.2) is 71.2 Å². The smallest absolute Gasteiger partial charge is 0.346 e. The zero-order valence-corrected chi connectivity index (χ0v) is 26.7. The molecule has 5 N–H and O–H groups in total. The van der Waals surface area contributed by atoms with E-state index in [1.807, 2.05) is 48.5 Å². The molecule has 4 aromatic rings. The van der Waals surface area contributed by atoms with Gasteiger partial charge in [0, 0.05) is 37.8 Å². The number of hydrogen-bond acceptors (Lipinski definition) is 8. The molecule has 0 saturated carbocycles. The molecule has 1 atom stereocenters. The van der Waals surface area contributed by atoms with Crippen molar-refractivity contribution in [1.82, 2.24) is 25.5 Å². The quantitative estimate of drug-likeness (QED) is 0.153. The van der Waals surface area contributed by atoms with Gasteiger partial charge < -0.3 is 35.5 Å². The van der Waals surface area contributed by atoms with E-state index < -0.39 is 35.2 Å². The minimum atomic E-state index is -1.43. The van der Waals surface area contributed by atoms with Gasteiger partial charge in [-0.3, -0.25) is 9.69 Å². The van der Waals surface area contributed by atoms with Gasteiger partial charge in [-0.05, 0) is 36.1 Å². The molecule has 1 aromatic heterocycles. The van der Waals surface area contributed by atoms with Crippen LogP contribution in [0.2, 0.25) is 0 Å². The highest BCUT2D eigenvalue weighted by Gasteiger charge is 2.38. The van der Waals surface area contributed by atoms with Gasteiger partial charge in [0.15, 0.2) is 0 Å².